The lowest BCUT2D eigenvalue weighted by Crippen LogP contribution is -2.17. The van der Waals surface area contributed by atoms with Crippen LogP contribution in [0.15, 0.2) is 12.2 Å². The summed E-state index contributed by atoms with van der Waals surface area (Å²) in [5.41, 5.74) is 3.37. The van der Waals surface area contributed by atoms with Crippen LogP contribution in [0, 0.1) is 17.4 Å². The number of carbonyl (C=O) groups excluding carboxylic acids is 1. The maximum absolute atomic E-state index is 11.3. The second kappa shape index (κ2) is 8.99. The summed E-state index contributed by atoms with van der Waals surface area (Å²) in [7, 11) is -1.34. The van der Waals surface area contributed by atoms with Crippen molar-refractivity contribution >= 4 is 14.0 Å². The van der Waals surface area contributed by atoms with Crippen molar-refractivity contribution in [3.8, 4) is 11.5 Å². The first kappa shape index (κ1) is 17.0. The van der Waals surface area contributed by atoms with Crippen molar-refractivity contribution in [2.24, 2.45) is 5.92 Å². The SMILES string of the molecule is CCCCC(C#C[Si](C)(C)C)/C=C\C(=O)OCC. The highest BCUT2D eigenvalue weighted by Crippen LogP contribution is 2.10. The van der Waals surface area contributed by atoms with Gasteiger partial charge in [-0.25, -0.2) is 4.79 Å². The fraction of sp³-hybridized carbons (Fsp3) is 0.667. The number of rotatable bonds is 6. The van der Waals surface area contributed by atoms with Gasteiger partial charge >= 0.3 is 5.97 Å². The average Bonchev–Trinajstić information content (AvgIpc) is 2.27. The maximum Gasteiger partial charge on any atom is 0.330 e. The van der Waals surface area contributed by atoms with Crippen LogP contribution in [-0.4, -0.2) is 20.7 Å². The molecule has 18 heavy (non-hydrogen) atoms. The predicted octanol–water partition coefficient (Wildman–Crippen LogP) is 3.79. The van der Waals surface area contributed by atoms with Gasteiger partial charge in [0.15, 0.2) is 0 Å². The first-order chi connectivity index (χ1) is 8.39. The third-order valence-electron chi connectivity index (χ3n) is 2.25. The fourth-order valence-corrected chi connectivity index (χ4v) is 1.95. The van der Waals surface area contributed by atoms with Crippen molar-refractivity contribution in [3.05, 3.63) is 12.2 Å². The Morgan fingerprint density at radius 1 is 1.33 bits per heavy atom. The Balaban J connectivity index is 4.57. The summed E-state index contributed by atoms with van der Waals surface area (Å²) in [6, 6.07) is 0. The van der Waals surface area contributed by atoms with E-state index in [9.17, 15) is 4.79 Å². The van der Waals surface area contributed by atoms with E-state index >= 15 is 0 Å². The lowest BCUT2D eigenvalue weighted by molar-refractivity contribution is -0.137. The maximum atomic E-state index is 11.3. The Bertz CT molecular complexity index is 329. The van der Waals surface area contributed by atoms with Crippen LogP contribution in [0.2, 0.25) is 19.6 Å². The highest BCUT2D eigenvalue weighted by molar-refractivity contribution is 6.83. The Morgan fingerprint density at radius 3 is 2.50 bits per heavy atom. The second-order valence-electron chi connectivity index (χ2n) is 5.38. The van der Waals surface area contributed by atoms with E-state index in [-0.39, 0.29) is 11.9 Å². The van der Waals surface area contributed by atoms with Crippen molar-refractivity contribution < 1.29 is 9.53 Å². The van der Waals surface area contributed by atoms with Crippen LogP contribution in [0.1, 0.15) is 33.1 Å². The van der Waals surface area contributed by atoms with E-state index in [1.165, 1.54) is 6.08 Å². The predicted molar refractivity (Wildman–Crippen MR) is 79.9 cm³/mol. The zero-order chi connectivity index (χ0) is 14.0. The first-order valence-electron chi connectivity index (χ1n) is 6.76. The molecule has 102 valence electrons. The van der Waals surface area contributed by atoms with Gasteiger partial charge in [-0.15, -0.1) is 11.5 Å². The van der Waals surface area contributed by atoms with Crippen molar-refractivity contribution in [2.45, 2.75) is 52.8 Å². The van der Waals surface area contributed by atoms with Gasteiger partial charge in [-0.05, 0) is 13.3 Å². The molecule has 0 N–H and O–H groups in total. The molecule has 0 saturated carbocycles. The molecule has 2 nitrogen and oxygen atoms in total. The Kier molecular flexibility index (Phi) is 8.48. The van der Waals surface area contributed by atoms with Gasteiger partial charge in [0.25, 0.3) is 0 Å². The fourth-order valence-electron chi connectivity index (χ4n) is 1.33. The summed E-state index contributed by atoms with van der Waals surface area (Å²) in [5, 5.41) is 0. The van der Waals surface area contributed by atoms with Crippen LogP contribution in [0.5, 0.6) is 0 Å². The molecular weight excluding hydrogens is 240 g/mol. The van der Waals surface area contributed by atoms with Crippen molar-refractivity contribution in [3.63, 3.8) is 0 Å². The van der Waals surface area contributed by atoms with E-state index in [1.54, 1.807) is 0 Å². The molecule has 0 rings (SSSR count). The molecule has 0 spiro atoms. The lowest BCUT2D eigenvalue weighted by Gasteiger charge is -2.08. The number of allylic oxidation sites excluding steroid dienone is 1. The zero-order valence-corrected chi connectivity index (χ0v) is 13.4. The van der Waals surface area contributed by atoms with E-state index in [4.69, 9.17) is 4.74 Å². The van der Waals surface area contributed by atoms with E-state index in [1.807, 2.05) is 13.0 Å². The second-order valence-corrected chi connectivity index (χ2v) is 10.1. The summed E-state index contributed by atoms with van der Waals surface area (Å²) < 4.78 is 4.88. The van der Waals surface area contributed by atoms with Gasteiger partial charge in [-0.1, -0.05) is 45.5 Å². The van der Waals surface area contributed by atoms with Crippen molar-refractivity contribution in [1.82, 2.24) is 0 Å². The molecule has 0 radical (unpaired) electrons. The molecule has 1 atom stereocenters. The zero-order valence-electron chi connectivity index (χ0n) is 12.4. The van der Waals surface area contributed by atoms with Gasteiger partial charge in [0.2, 0.25) is 0 Å². The minimum absolute atomic E-state index is 0.182. The quantitative estimate of drug-likeness (QED) is 0.316. The lowest BCUT2D eigenvalue weighted by atomic mass is 10.0. The highest BCUT2D eigenvalue weighted by Gasteiger charge is 2.09. The van der Waals surface area contributed by atoms with Gasteiger partial charge in [0.05, 0.1) is 6.61 Å². The van der Waals surface area contributed by atoms with E-state index in [0.29, 0.717) is 6.61 Å². The molecule has 0 saturated heterocycles. The van der Waals surface area contributed by atoms with Gasteiger partial charge in [-0.3, -0.25) is 0 Å². The summed E-state index contributed by atoms with van der Waals surface area (Å²) >= 11 is 0. The number of ether oxygens (including phenoxy) is 1. The topological polar surface area (TPSA) is 26.3 Å². The van der Waals surface area contributed by atoms with E-state index < -0.39 is 8.07 Å². The van der Waals surface area contributed by atoms with Gasteiger partial charge in [0, 0.05) is 12.0 Å². The van der Waals surface area contributed by atoms with Crippen molar-refractivity contribution in [1.29, 1.82) is 0 Å². The van der Waals surface area contributed by atoms with Gasteiger partial charge in [0.1, 0.15) is 8.07 Å². The van der Waals surface area contributed by atoms with Gasteiger partial charge in [-0.2, -0.15) is 0 Å². The molecular formula is C15H26O2Si. The molecule has 0 aromatic rings. The van der Waals surface area contributed by atoms with Gasteiger partial charge < -0.3 is 4.74 Å². The molecule has 0 amide bonds. The Morgan fingerprint density at radius 2 is 2.00 bits per heavy atom. The number of carbonyl (C=O) groups is 1. The molecule has 0 aliphatic carbocycles. The summed E-state index contributed by atoms with van der Waals surface area (Å²) in [6.45, 7) is 11.1. The molecule has 0 aliphatic heterocycles. The Hall–Kier alpha value is -1.01. The summed E-state index contributed by atoms with van der Waals surface area (Å²) in [4.78, 5) is 11.3. The van der Waals surface area contributed by atoms with Crippen LogP contribution in [-0.2, 0) is 9.53 Å². The molecule has 0 aromatic heterocycles. The molecule has 0 fully saturated rings. The van der Waals surface area contributed by atoms with E-state index in [0.717, 1.165) is 19.3 Å². The number of esters is 1. The Labute approximate surface area is 113 Å². The number of hydrogen-bond donors (Lipinski definition) is 0. The van der Waals surface area contributed by atoms with Crippen LogP contribution in [0.3, 0.4) is 0 Å². The number of unbranched alkanes of at least 4 members (excludes halogenated alkanes) is 1. The van der Waals surface area contributed by atoms with Crippen LogP contribution < -0.4 is 0 Å². The van der Waals surface area contributed by atoms with Crippen LogP contribution >= 0.6 is 0 Å². The highest BCUT2D eigenvalue weighted by atomic mass is 28.3. The molecule has 3 heteroatoms. The van der Waals surface area contributed by atoms with Crippen LogP contribution in [0.4, 0.5) is 0 Å². The molecule has 0 aromatic carbocycles. The molecule has 0 heterocycles. The summed E-state index contributed by atoms with van der Waals surface area (Å²) in [6.07, 6.45) is 6.71. The average molecular weight is 266 g/mol. The normalized spacial score (nSPS) is 12.9. The molecule has 0 aliphatic rings. The molecule has 0 bridgehead atoms. The van der Waals surface area contributed by atoms with Crippen molar-refractivity contribution in [2.75, 3.05) is 6.61 Å². The van der Waals surface area contributed by atoms with E-state index in [2.05, 4.69) is 38.0 Å². The largest absolute Gasteiger partial charge is 0.463 e. The van der Waals surface area contributed by atoms with Crippen LogP contribution in [0.25, 0.3) is 0 Å². The first-order valence-corrected chi connectivity index (χ1v) is 10.3. The summed E-state index contributed by atoms with van der Waals surface area (Å²) in [5.74, 6) is 3.22. The minimum Gasteiger partial charge on any atom is -0.463 e. The smallest absolute Gasteiger partial charge is 0.330 e. The number of hydrogen-bond acceptors (Lipinski definition) is 2. The third-order valence-corrected chi connectivity index (χ3v) is 3.15. The monoisotopic (exact) mass is 266 g/mol. The third kappa shape index (κ3) is 10.2. The molecule has 1 unspecified atom stereocenters. The minimum atomic E-state index is -1.34. The standard InChI is InChI=1S/C15H26O2Si/c1-6-8-9-14(12-13-18(3,4)5)10-11-15(16)17-7-2/h10-11,14H,6-9H2,1-5H3/b11-10-.